The molecule has 4 N–H and O–H groups in total. The van der Waals surface area contributed by atoms with Crippen LogP contribution in [0.2, 0.25) is 0 Å². The van der Waals surface area contributed by atoms with Crippen molar-refractivity contribution in [3.63, 3.8) is 0 Å². The summed E-state index contributed by atoms with van der Waals surface area (Å²) in [6, 6.07) is 18.0. The number of aliphatic hydroxyl groups excluding tert-OH is 1. The summed E-state index contributed by atoms with van der Waals surface area (Å²) in [7, 11) is 0. The third-order valence-electron chi connectivity index (χ3n) is 5.72. The molecule has 1 saturated carbocycles. The van der Waals surface area contributed by atoms with Crippen LogP contribution in [0.4, 0.5) is 0 Å². The maximum absolute atomic E-state index is 9.30. The van der Waals surface area contributed by atoms with Crippen LogP contribution in [0.5, 0.6) is 0 Å². The number of hydrogen-bond donors (Lipinski definition) is 3. The highest BCUT2D eigenvalue weighted by molar-refractivity contribution is 5.64. The normalized spacial score (nSPS) is 25.5. The molecule has 1 saturated heterocycles. The Kier molecular flexibility index (Phi) is 5.36. The maximum Gasteiger partial charge on any atom is 0.0682 e. The van der Waals surface area contributed by atoms with Gasteiger partial charge in [-0.1, -0.05) is 42.5 Å². The van der Waals surface area contributed by atoms with Gasteiger partial charge in [-0.3, -0.25) is 0 Å². The minimum absolute atomic E-state index is 0.0880. The Labute approximate surface area is 156 Å². The standard InChI is InChI=1S/C22H29N3O/c23-20-8-10-25(14-20)11-9-24-22-13-21(22)18-6-4-17(5-7-18)19-3-1-2-16(12-19)15-26/h1-7,12,20-22,24,26H,8-11,13-15,23H2/t20-,21?,22+/m1/s1. The van der Waals surface area contributed by atoms with Gasteiger partial charge in [0.25, 0.3) is 0 Å². The van der Waals surface area contributed by atoms with Crippen LogP contribution in [0.15, 0.2) is 48.5 Å². The van der Waals surface area contributed by atoms with Crippen LogP contribution in [0, 0.1) is 0 Å². The Bertz CT molecular complexity index is 730. The highest BCUT2D eigenvalue weighted by Crippen LogP contribution is 2.41. The molecule has 0 radical (unpaired) electrons. The molecule has 26 heavy (non-hydrogen) atoms. The molecular weight excluding hydrogens is 322 g/mol. The Morgan fingerprint density at radius 1 is 1.12 bits per heavy atom. The van der Waals surface area contributed by atoms with Gasteiger partial charge in [-0.2, -0.15) is 0 Å². The molecule has 2 fully saturated rings. The first-order valence-electron chi connectivity index (χ1n) is 9.74. The maximum atomic E-state index is 9.30. The fourth-order valence-electron chi connectivity index (χ4n) is 4.03. The highest BCUT2D eigenvalue weighted by atomic mass is 16.3. The van der Waals surface area contributed by atoms with Crippen LogP contribution in [0.25, 0.3) is 11.1 Å². The fraction of sp³-hybridized carbons (Fsp3) is 0.455. The van der Waals surface area contributed by atoms with Crippen molar-refractivity contribution in [1.82, 2.24) is 10.2 Å². The van der Waals surface area contributed by atoms with Gasteiger partial charge >= 0.3 is 0 Å². The van der Waals surface area contributed by atoms with Gasteiger partial charge in [0, 0.05) is 37.6 Å². The van der Waals surface area contributed by atoms with Crippen molar-refractivity contribution >= 4 is 0 Å². The summed E-state index contributed by atoms with van der Waals surface area (Å²) in [5.41, 5.74) is 10.7. The van der Waals surface area contributed by atoms with E-state index in [0.29, 0.717) is 18.0 Å². The number of benzene rings is 2. The van der Waals surface area contributed by atoms with E-state index in [0.717, 1.165) is 43.7 Å². The molecule has 0 amide bonds. The van der Waals surface area contributed by atoms with Gasteiger partial charge in [0.2, 0.25) is 0 Å². The lowest BCUT2D eigenvalue weighted by Crippen LogP contribution is -2.33. The van der Waals surface area contributed by atoms with E-state index in [4.69, 9.17) is 5.73 Å². The fourth-order valence-corrected chi connectivity index (χ4v) is 4.03. The van der Waals surface area contributed by atoms with Gasteiger partial charge < -0.3 is 21.1 Å². The van der Waals surface area contributed by atoms with Crippen molar-refractivity contribution in [3.8, 4) is 11.1 Å². The van der Waals surface area contributed by atoms with Gasteiger partial charge in [0.15, 0.2) is 0 Å². The van der Waals surface area contributed by atoms with Gasteiger partial charge in [-0.25, -0.2) is 0 Å². The molecule has 3 atom stereocenters. The number of likely N-dealkylation sites (tertiary alicyclic amines) is 1. The molecule has 2 aromatic carbocycles. The molecule has 2 aromatic rings. The quantitative estimate of drug-likeness (QED) is 0.716. The first-order chi connectivity index (χ1) is 12.7. The lowest BCUT2D eigenvalue weighted by Gasteiger charge is -2.15. The van der Waals surface area contributed by atoms with E-state index in [1.165, 1.54) is 17.5 Å². The zero-order valence-electron chi connectivity index (χ0n) is 15.3. The third-order valence-corrected chi connectivity index (χ3v) is 5.72. The second-order valence-electron chi connectivity index (χ2n) is 7.73. The number of nitrogens with one attached hydrogen (secondary N) is 1. The number of nitrogens with two attached hydrogens (primary N) is 1. The summed E-state index contributed by atoms with van der Waals surface area (Å²) >= 11 is 0. The minimum Gasteiger partial charge on any atom is -0.392 e. The molecule has 4 rings (SSSR count). The monoisotopic (exact) mass is 351 g/mol. The predicted molar refractivity (Wildman–Crippen MR) is 106 cm³/mol. The molecule has 1 aliphatic heterocycles. The zero-order valence-corrected chi connectivity index (χ0v) is 15.3. The van der Waals surface area contributed by atoms with Crippen molar-refractivity contribution in [3.05, 3.63) is 59.7 Å². The largest absolute Gasteiger partial charge is 0.392 e. The van der Waals surface area contributed by atoms with Gasteiger partial charge in [-0.15, -0.1) is 0 Å². The van der Waals surface area contributed by atoms with Gasteiger partial charge in [0.05, 0.1) is 6.61 Å². The van der Waals surface area contributed by atoms with E-state index in [9.17, 15) is 5.11 Å². The minimum atomic E-state index is 0.0880. The molecule has 4 nitrogen and oxygen atoms in total. The second kappa shape index (κ2) is 7.89. The zero-order chi connectivity index (χ0) is 17.9. The molecule has 0 bridgehead atoms. The molecular formula is C22H29N3O. The van der Waals surface area contributed by atoms with Crippen LogP contribution in [0.1, 0.15) is 29.9 Å². The summed E-state index contributed by atoms with van der Waals surface area (Å²) in [4.78, 5) is 2.46. The van der Waals surface area contributed by atoms with E-state index in [1.807, 2.05) is 12.1 Å². The van der Waals surface area contributed by atoms with Crippen LogP contribution >= 0.6 is 0 Å². The first-order valence-corrected chi connectivity index (χ1v) is 9.74. The van der Waals surface area contributed by atoms with Crippen molar-refractivity contribution in [2.24, 2.45) is 5.73 Å². The van der Waals surface area contributed by atoms with E-state index in [1.54, 1.807) is 0 Å². The molecule has 138 valence electrons. The number of aliphatic hydroxyl groups is 1. The van der Waals surface area contributed by atoms with E-state index < -0.39 is 0 Å². The number of rotatable bonds is 7. The average Bonchev–Trinajstić information content (AvgIpc) is 3.34. The Balaban J connectivity index is 1.28. The second-order valence-corrected chi connectivity index (χ2v) is 7.73. The number of nitrogens with zero attached hydrogens (tertiary/aromatic N) is 1. The summed E-state index contributed by atoms with van der Waals surface area (Å²) in [6.45, 7) is 4.45. The van der Waals surface area contributed by atoms with Gasteiger partial charge in [0.1, 0.15) is 0 Å². The number of hydrogen-bond acceptors (Lipinski definition) is 4. The lowest BCUT2D eigenvalue weighted by molar-refractivity contribution is 0.282. The molecule has 1 aliphatic carbocycles. The lowest BCUT2D eigenvalue weighted by atomic mass is 10.0. The van der Waals surface area contributed by atoms with Crippen molar-refractivity contribution in [1.29, 1.82) is 0 Å². The van der Waals surface area contributed by atoms with Crippen LogP contribution in [-0.2, 0) is 6.61 Å². The Hall–Kier alpha value is -1.72. The van der Waals surface area contributed by atoms with Crippen LogP contribution < -0.4 is 11.1 Å². The molecule has 0 spiro atoms. The Morgan fingerprint density at radius 2 is 1.96 bits per heavy atom. The molecule has 4 heteroatoms. The average molecular weight is 351 g/mol. The third kappa shape index (κ3) is 4.15. The van der Waals surface area contributed by atoms with E-state index in [-0.39, 0.29) is 6.61 Å². The highest BCUT2D eigenvalue weighted by Gasteiger charge is 2.37. The van der Waals surface area contributed by atoms with Crippen molar-refractivity contribution in [2.45, 2.75) is 37.5 Å². The van der Waals surface area contributed by atoms with Crippen LogP contribution in [0.3, 0.4) is 0 Å². The first kappa shape index (κ1) is 17.7. The summed E-state index contributed by atoms with van der Waals surface area (Å²) in [6.07, 6.45) is 2.37. The Morgan fingerprint density at radius 3 is 2.69 bits per heavy atom. The van der Waals surface area contributed by atoms with Crippen molar-refractivity contribution < 1.29 is 5.11 Å². The van der Waals surface area contributed by atoms with Crippen molar-refractivity contribution in [2.75, 3.05) is 26.2 Å². The topological polar surface area (TPSA) is 61.5 Å². The van der Waals surface area contributed by atoms with E-state index in [2.05, 4.69) is 46.6 Å². The van der Waals surface area contributed by atoms with Gasteiger partial charge in [-0.05, 0) is 47.7 Å². The summed E-state index contributed by atoms with van der Waals surface area (Å²) < 4.78 is 0. The molecule has 0 aromatic heterocycles. The summed E-state index contributed by atoms with van der Waals surface area (Å²) in [5.74, 6) is 0.647. The SMILES string of the molecule is N[C@@H]1CCN(CCN[C@H]2CC2c2ccc(-c3cccc(CO)c3)cc2)C1. The molecule has 1 unspecified atom stereocenters. The summed E-state index contributed by atoms with van der Waals surface area (Å²) in [5, 5.41) is 13.0. The predicted octanol–water partition coefficient (Wildman–Crippen LogP) is 2.32. The van der Waals surface area contributed by atoms with Crippen LogP contribution in [-0.4, -0.2) is 48.3 Å². The molecule has 1 heterocycles. The van der Waals surface area contributed by atoms with E-state index >= 15 is 0 Å². The molecule has 2 aliphatic rings. The smallest absolute Gasteiger partial charge is 0.0682 e.